The molecule has 3 N–H and O–H groups in total. The van der Waals surface area contributed by atoms with Gasteiger partial charge < -0.3 is 16.0 Å². The molecule has 20 heavy (non-hydrogen) atoms. The summed E-state index contributed by atoms with van der Waals surface area (Å²) in [7, 11) is 1.97. The van der Waals surface area contributed by atoms with Crippen molar-refractivity contribution < 1.29 is 4.79 Å². The average Bonchev–Trinajstić information content (AvgIpc) is 3.05. The molecule has 1 amide bonds. The van der Waals surface area contributed by atoms with Gasteiger partial charge in [-0.3, -0.25) is 4.79 Å². The Balaban J connectivity index is 1.94. The predicted molar refractivity (Wildman–Crippen MR) is 84.4 cm³/mol. The second kappa shape index (κ2) is 6.92. The Hall–Kier alpha value is -1.30. The molecule has 2 rings (SSSR count). The first-order valence-electron chi connectivity index (χ1n) is 7.37. The largest absolute Gasteiger partial charge is 0.382 e. The van der Waals surface area contributed by atoms with Gasteiger partial charge in [0, 0.05) is 20.1 Å². The van der Waals surface area contributed by atoms with Crippen LogP contribution in [0.1, 0.15) is 48.7 Å². The number of amides is 1. The zero-order chi connectivity index (χ0) is 14.5. The van der Waals surface area contributed by atoms with Crippen LogP contribution < -0.4 is 16.0 Å². The third-order valence-corrected chi connectivity index (χ3v) is 4.94. The molecule has 1 heterocycles. The molecule has 0 aromatic carbocycles. The highest BCUT2D eigenvalue weighted by atomic mass is 32.1. The van der Waals surface area contributed by atoms with Gasteiger partial charge >= 0.3 is 0 Å². The van der Waals surface area contributed by atoms with Gasteiger partial charge in [0.25, 0.3) is 5.91 Å². The molecule has 0 unspecified atom stereocenters. The molecule has 0 atom stereocenters. The quantitative estimate of drug-likeness (QED) is 0.846. The Morgan fingerprint density at radius 2 is 2.20 bits per heavy atom. The van der Waals surface area contributed by atoms with Crippen LogP contribution in [0, 0.1) is 5.92 Å². The van der Waals surface area contributed by atoms with Crippen LogP contribution in [-0.2, 0) is 0 Å². The fourth-order valence-electron chi connectivity index (χ4n) is 2.61. The molecule has 0 radical (unpaired) electrons. The van der Waals surface area contributed by atoms with E-state index in [2.05, 4.69) is 17.2 Å². The van der Waals surface area contributed by atoms with Crippen molar-refractivity contribution in [1.29, 1.82) is 0 Å². The number of hydrogen-bond acceptors (Lipinski definition) is 5. The van der Waals surface area contributed by atoms with Crippen molar-refractivity contribution in [2.75, 3.05) is 30.8 Å². The van der Waals surface area contributed by atoms with E-state index in [1.807, 2.05) is 11.9 Å². The number of carbonyl (C=O) groups is 1. The molecule has 1 aliphatic rings. The number of thiazole rings is 1. The lowest BCUT2D eigenvalue weighted by atomic mass is 10.1. The maximum absolute atomic E-state index is 12.2. The summed E-state index contributed by atoms with van der Waals surface area (Å²) < 4.78 is 0. The van der Waals surface area contributed by atoms with Gasteiger partial charge in [0.05, 0.1) is 0 Å². The molecule has 112 valence electrons. The fraction of sp³-hybridized carbons (Fsp3) is 0.714. The van der Waals surface area contributed by atoms with Gasteiger partial charge in [-0.15, -0.1) is 0 Å². The topological polar surface area (TPSA) is 71.2 Å². The van der Waals surface area contributed by atoms with Gasteiger partial charge in [-0.1, -0.05) is 31.1 Å². The minimum Gasteiger partial charge on any atom is -0.382 e. The number of carbonyl (C=O) groups excluding carboxylic acids is 1. The minimum absolute atomic E-state index is 0.0805. The zero-order valence-electron chi connectivity index (χ0n) is 12.3. The summed E-state index contributed by atoms with van der Waals surface area (Å²) in [6.07, 6.45) is 6.06. The van der Waals surface area contributed by atoms with Crippen molar-refractivity contribution >= 4 is 28.2 Å². The second-order valence-corrected chi connectivity index (χ2v) is 6.47. The Bertz CT molecular complexity index is 454. The van der Waals surface area contributed by atoms with Gasteiger partial charge in [0.15, 0.2) is 5.13 Å². The van der Waals surface area contributed by atoms with E-state index in [0.717, 1.165) is 24.6 Å². The van der Waals surface area contributed by atoms with Crippen LogP contribution in [0.5, 0.6) is 0 Å². The molecule has 5 nitrogen and oxygen atoms in total. The summed E-state index contributed by atoms with van der Waals surface area (Å²) >= 11 is 1.38. The minimum atomic E-state index is -0.0805. The number of hydrogen-bond donors (Lipinski definition) is 2. The lowest BCUT2D eigenvalue weighted by molar-refractivity contribution is 0.0952. The summed E-state index contributed by atoms with van der Waals surface area (Å²) in [6, 6.07) is 0. The van der Waals surface area contributed by atoms with Crippen LogP contribution in [-0.4, -0.2) is 31.0 Å². The molecule has 1 aromatic rings. The summed E-state index contributed by atoms with van der Waals surface area (Å²) in [5.41, 5.74) is 5.87. The third kappa shape index (κ3) is 3.62. The van der Waals surface area contributed by atoms with Crippen LogP contribution in [0.3, 0.4) is 0 Å². The van der Waals surface area contributed by atoms with E-state index in [1.165, 1.54) is 37.0 Å². The lowest BCUT2D eigenvalue weighted by Gasteiger charge is -2.13. The van der Waals surface area contributed by atoms with Crippen LogP contribution in [0.25, 0.3) is 0 Å². The maximum atomic E-state index is 12.2. The Morgan fingerprint density at radius 1 is 1.50 bits per heavy atom. The second-order valence-electron chi connectivity index (χ2n) is 5.49. The van der Waals surface area contributed by atoms with Crippen molar-refractivity contribution in [3.05, 3.63) is 4.88 Å². The SMILES string of the molecule is CCCN(C)c1nc(N)c(C(=O)NCC2CCCC2)s1. The molecule has 1 saturated carbocycles. The first-order valence-corrected chi connectivity index (χ1v) is 8.19. The van der Waals surface area contributed by atoms with E-state index in [0.29, 0.717) is 16.6 Å². The normalized spacial score (nSPS) is 15.5. The van der Waals surface area contributed by atoms with Crippen LogP contribution in [0.2, 0.25) is 0 Å². The number of rotatable bonds is 6. The van der Waals surface area contributed by atoms with Gasteiger partial charge in [-0.05, 0) is 25.2 Å². The van der Waals surface area contributed by atoms with Crippen LogP contribution in [0.15, 0.2) is 0 Å². The summed E-state index contributed by atoms with van der Waals surface area (Å²) in [5, 5.41) is 3.81. The molecule has 1 fully saturated rings. The molecule has 6 heteroatoms. The standard InChI is InChI=1S/C14H24N4OS/c1-3-8-18(2)14-17-12(15)11(20-14)13(19)16-9-10-6-4-5-7-10/h10H,3-9,15H2,1-2H3,(H,16,19). The maximum Gasteiger partial charge on any atom is 0.265 e. The Morgan fingerprint density at radius 3 is 2.85 bits per heavy atom. The number of nitrogens with zero attached hydrogens (tertiary/aromatic N) is 2. The van der Waals surface area contributed by atoms with E-state index in [4.69, 9.17) is 5.73 Å². The molecular formula is C14H24N4OS. The van der Waals surface area contributed by atoms with E-state index < -0.39 is 0 Å². The van der Waals surface area contributed by atoms with E-state index >= 15 is 0 Å². The first-order chi connectivity index (χ1) is 9.61. The molecule has 1 aromatic heterocycles. The molecule has 0 saturated heterocycles. The van der Waals surface area contributed by atoms with Crippen molar-refractivity contribution in [3.8, 4) is 0 Å². The van der Waals surface area contributed by atoms with Gasteiger partial charge in [0.1, 0.15) is 10.7 Å². The number of nitrogens with one attached hydrogen (secondary N) is 1. The van der Waals surface area contributed by atoms with Crippen molar-refractivity contribution in [2.45, 2.75) is 39.0 Å². The summed E-state index contributed by atoms with van der Waals surface area (Å²) in [5.74, 6) is 0.898. The smallest absolute Gasteiger partial charge is 0.265 e. The van der Waals surface area contributed by atoms with E-state index in [1.54, 1.807) is 0 Å². The van der Waals surface area contributed by atoms with Crippen molar-refractivity contribution in [1.82, 2.24) is 10.3 Å². The van der Waals surface area contributed by atoms with Crippen molar-refractivity contribution in [3.63, 3.8) is 0 Å². The van der Waals surface area contributed by atoms with E-state index in [9.17, 15) is 4.79 Å². The number of anilines is 2. The van der Waals surface area contributed by atoms with Gasteiger partial charge in [0.2, 0.25) is 0 Å². The Labute approximate surface area is 124 Å². The number of nitrogen functional groups attached to an aromatic ring is 1. The summed E-state index contributed by atoms with van der Waals surface area (Å²) in [6.45, 7) is 3.79. The third-order valence-electron chi connectivity index (χ3n) is 3.76. The van der Waals surface area contributed by atoms with Gasteiger partial charge in [-0.2, -0.15) is 0 Å². The summed E-state index contributed by atoms with van der Waals surface area (Å²) in [4.78, 5) is 19.0. The highest BCUT2D eigenvalue weighted by Gasteiger charge is 2.20. The monoisotopic (exact) mass is 296 g/mol. The van der Waals surface area contributed by atoms with Crippen molar-refractivity contribution in [2.24, 2.45) is 5.92 Å². The van der Waals surface area contributed by atoms with Crippen LogP contribution >= 0.6 is 11.3 Å². The zero-order valence-corrected chi connectivity index (χ0v) is 13.1. The highest BCUT2D eigenvalue weighted by Crippen LogP contribution is 2.28. The number of aromatic nitrogens is 1. The molecule has 0 spiro atoms. The van der Waals surface area contributed by atoms with Crippen LogP contribution in [0.4, 0.5) is 10.9 Å². The lowest BCUT2D eigenvalue weighted by Crippen LogP contribution is -2.28. The highest BCUT2D eigenvalue weighted by molar-refractivity contribution is 7.18. The average molecular weight is 296 g/mol. The first kappa shape index (κ1) is 15.1. The number of nitrogens with two attached hydrogens (primary N) is 1. The molecule has 1 aliphatic carbocycles. The molecule has 0 bridgehead atoms. The fourth-order valence-corrected chi connectivity index (χ4v) is 3.50. The molecule has 0 aliphatic heterocycles. The van der Waals surface area contributed by atoms with Gasteiger partial charge in [-0.25, -0.2) is 4.98 Å². The Kier molecular flexibility index (Phi) is 5.23. The predicted octanol–water partition coefficient (Wildman–Crippen LogP) is 2.49. The van der Waals surface area contributed by atoms with E-state index in [-0.39, 0.29) is 5.91 Å². The molecular weight excluding hydrogens is 272 g/mol.